The summed E-state index contributed by atoms with van der Waals surface area (Å²) >= 11 is 0. The van der Waals surface area contributed by atoms with Crippen LogP contribution >= 0.6 is 0 Å². The molecule has 21 heavy (non-hydrogen) atoms. The van der Waals surface area contributed by atoms with Gasteiger partial charge < -0.3 is 10.3 Å². The van der Waals surface area contributed by atoms with Gasteiger partial charge in [-0.05, 0) is 37.8 Å². The van der Waals surface area contributed by atoms with Crippen molar-refractivity contribution >= 4 is 0 Å². The maximum atomic E-state index is 6.46. The van der Waals surface area contributed by atoms with Crippen LogP contribution in [0.5, 0.6) is 0 Å². The van der Waals surface area contributed by atoms with Gasteiger partial charge in [0.2, 0.25) is 5.89 Å². The van der Waals surface area contributed by atoms with Gasteiger partial charge in [0.05, 0.1) is 12.0 Å². The molecule has 1 fully saturated rings. The highest BCUT2D eigenvalue weighted by Gasteiger charge is 2.34. The first-order valence-electron chi connectivity index (χ1n) is 7.75. The Bertz CT molecular complexity index is 627. The standard InChI is InChI=1S/C17H23N3O/c1-12-6-7-13(2)14(10-12)11-15-19-16(20-21-15)17(18)8-4-3-5-9-17/h6-7,10H,3-5,8-9,11,18H2,1-2H3. The molecule has 0 bridgehead atoms. The minimum absolute atomic E-state index is 0.387. The van der Waals surface area contributed by atoms with Crippen LogP contribution in [0.25, 0.3) is 0 Å². The molecule has 1 heterocycles. The molecule has 4 heteroatoms. The highest BCUT2D eigenvalue weighted by atomic mass is 16.5. The van der Waals surface area contributed by atoms with Gasteiger partial charge in [0.25, 0.3) is 0 Å². The van der Waals surface area contributed by atoms with Crippen LogP contribution in [0.3, 0.4) is 0 Å². The lowest BCUT2D eigenvalue weighted by molar-refractivity contribution is 0.273. The molecular formula is C17H23N3O. The molecule has 4 nitrogen and oxygen atoms in total. The Morgan fingerprint density at radius 2 is 1.95 bits per heavy atom. The predicted molar refractivity (Wildman–Crippen MR) is 82.0 cm³/mol. The van der Waals surface area contributed by atoms with E-state index in [0.717, 1.165) is 25.7 Å². The van der Waals surface area contributed by atoms with Gasteiger partial charge in [-0.3, -0.25) is 0 Å². The third-order valence-electron chi connectivity index (χ3n) is 4.51. The number of nitrogens with zero attached hydrogens (tertiary/aromatic N) is 2. The van der Waals surface area contributed by atoms with Gasteiger partial charge in [-0.1, -0.05) is 48.2 Å². The molecule has 1 aliphatic rings. The van der Waals surface area contributed by atoms with Gasteiger partial charge in [-0.15, -0.1) is 0 Å². The van der Waals surface area contributed by atoms with Crippen molar-refractivity contribution in [3.63, 3.8) is 0 Å². The summed E-state index contributed by atoms with van der Waals surface area (Å²) in [6.07, 6.45) is 6.14. The lowest BCUT2D eigenvalue weighted by Gasteiger charge is -2.29. The fourth-order valence-electron chi connectivity index (χ4n) is 3.09. The lowest BCUT2D eigenvalue weighted by atomic mass is 9.82. The molecule has 2 aromatic rings. The Balaban J connectivity index is 1.80. The zero-order chi connectivity index (χ0) is 14.9. The number of aromatic nitrogens is 2. The lowest BCUT2D eigenvalue weighted by Crippen LogP contribution is -2.39. The van der Waals surface area contributed by atoms with Crippen LogP contribution in [0.15, 0.2) is 22.7 Å². The van der Waals surface area contributed by atoms with E-state index in [1.807, 2.05) is 0 Å². The first-order chi connectivity index (χ1) is 10.1. The van der Waals surface area contributed by atoms with Crippen molar-refractivity contribution in [1.29, 1.82) is 0 Å². The average molecular weight is 285 g/mol. The topological polar surface area (TPSA) is 64.9 Å². The van der Waals surface area contributed by atoms with E-state index < -0.39 is 0 Å². The zero-order valence-electron chi connectivity index (χ0n) is 12.9. The van der Waals surface area contributed by atoms with E-state index in [0.29, 0.717) is 18.1 Å². The maximum Gasteiger partial charge on any atom is 0.231 e. The fraction of sp³-hybridized carbons (Fsp3) is 0.529. The highest BCUT2D eigenvalue weighted by Crippen LogP contribution is 2.33. The number of aryl methyl sites for hydroxylation is 2. The summed E-state index contributed by atoms with van der Waals surface area (Å²) in [5.74, 6) is 1.34. The van der Waals surface area contributed by atoms with Crippen LogP contribution in [0.4, 0.5) is 0 Å². The smallest absolute Gasteiger partial charge is 0.231 e. The summed E-state index contributed by atoms with van der Waals surface area (Å²) < 4.78 is 5.44. The molecule has 3 rings (SSSR count). The molecule has 0 aliphatic heterocycles. The third-order valence-corrected chi connectivity index (χ3v) is 4.51. The van der Waals surface area contributed by atoms with Crippen molar-refractivity contribution in [3.05, 3.63) is 46.6 Å². The van der Waals surface area contributed by atoms with Gasteiger partial charge in [-0.25, -0.2) is 0 Å². The number of rotatable bonds is 3. The Kier molecular flexibility index (Phi) is 3.81. The third kappa shape index (κ3) is 3.00. The Morgan fingerprint density at radius 1 is 1.19 bits per heavy atom. The molecule has 112 valence electrons. The second kappa shape index (κ2) is 5.60. The van der Waals surface area contributed by atoms with E-state index in [1.165, 1.54) is 23.1 Å². The van der Waals surface area contributed by atoms with E-state index in [4.69, 9.17) is 10.3 Å². The summed E-state index contributed by atoms with van der Waals surface area (Å²) in [4.78, 5) is 4.57. The van der Waals surface area contributed by atoms with Crippen LogP contribution < -0.4 is 5.73 Å². The van der Waals surface area contributed by atoms with E-state index in [1.54, 1.807) is 0 Å². The molecule has 0 amide bonds. The van der Waals surface area contributed by atoms with Crippen molar-refractivity contribution < 1.29 is 4.52 Å². The number of hydrogen-bond donors (Lipinski definition) is 1. The first kappa shape index (κ1) is 14.3. The van der Waals surface area contributed by atoms with Crippen molar-refractivity contribution in [2.24, 2.45) is 5.73 Å². The van der Waals surface area contributed by atoms with Crippen LogP contribution in [0.1, 0.15) is 60.5 Å². The molecule has 0 radical (unpaired) electrons. The molecule has 0 spiro atoms. The largest absolute Gasteiger partial charge is 0.339 e. The van der Waals surface area contributed by atoms with E-state index in [-0.39, 0.29) is 5.54 Å². The zero-order valence-corrected chi connectivity index (χ0v) is 12.9. The fourth-order valence-corrected chi connectivity index (χ4v) is 3.09. The summed E-state index contributed by atoms with van der Waals surface area (Å²) in [5, 5.41) is 4.15. The Labute approximate surface area is 125 Å². The molecule has 1 saturated carbocycles. The van der Waals surface area contributed by atoms with Crippen LogP contribution in [-0.2, 0) is 12.0 Å². The maximum absolute atomic E-state index is 6.46. The van der Waals surface area contributed by atoms with E-state index >= 15 is 0 Å². The van der Waals surface area contributed by atoms with Crippen molar-refractivity contribution in [1.82, 2.24) is 10.1 Å². The van der Waals surface area contributed by atoms with Gasteiger partial charge in [-0.2, -0.15) is 4.98 Å². The quantitative estimate of drug-likeness (QED) is 0.938. The molecular weight excluding hydrogens is 262 g/mol. The molecule has 1 aromatic heterocycles. The van der Waals surface area contributed by atoms with Crippen LogP contribution in [0.2, 0.25) is 0 Å². The van der Waals surface area contributed by atoms with Gasteiger partial charge in [0.1, 0.15) is 0 Å². The van der Waals surface area contributed by atoms with Crippen molar-refractivity contribution in [2.45, 2.75) is 57.9 Å². The van der Waals surface area contributed by atoms with E-state index in [9.17, 15) is 0 Å². The van der Waals surface area contributed by atoms with Gasteiger partial charge in [0, 0.05) is 0 Å². The molecule has 0 saturated heterocycles. The minimum Gasteiger partial charge on any atom is -0.339 e. The minimum atomic E-state index is -0.387. The second-order valence-corrected chi connectivity index (χ2v) is 6.34. The number of benzene rings is 1. The predicted octanol–water partition coefficient (Wildman–Crippen LogP) is 3.40. The Morgan fingerprint density at radius 3 is 2.71 bits per heavy atom. The van der Waals surface area contributed by atoms with Crippen molar-refractivity contribution in [2.75, 3.05) is 0 Å². The van der Waals surface area contributed by atoms with Gasteiger partial charge >= 0.3 is 0 Å². The SMILES string of the molecule is Cc1ccc(C)c(Cc2nc(C3(N)CCCCC3)no2)c1. The molecule has 1 aliphatic carbocycles. The van der Waals surface area contributed by atoms with Crippen LogP contribution in [0, 0.1) is 13.8 Å². The summed E-state index contributed by atoms with van der Waals surface area (Å²) in [6, 6.07) is 6.43. The molecule has 0 atom stereocenters. The Hall–Kier alpha value is -1.68. The monoisotopic (exact) mass is 285 g/mol. The molecule has 1 aromatic carbocycles. The van der Waals surface area contributed by atoms with Crippen molar-refractivity contribution in [3.8, 4) is 0 Å². The summed E-state index contributed by atoms with van der Waals surface area (Å²) in [6.45, 7) is 4.21. The normalized spacial score (nSPS) is 17.9. The second-order valence-electron chi connectivity index (χ2n) is 6.34. The number of hydrogen-bond acceptors (Lipinski definition) is 4. The number of nitrogens with two attached hydrogens (primary N) is 1. The van der Waals surface area contributed by atoms with Crippen LogP contribution in [-0.4, -0.2) is 10.1 Å². The highest BCUT2D eigenvalue weighted by molar-refractivity contribution is 5.32. The summed E-state index contributed by atoms with van der Waals surface area (Å²) in [7, 11) is 0. The van der Waals surface area contributed by atoms with Gasteiger partial charge in [0.15, 0.2) is 5.82 Å². The summed E-state index contributed by atoms with van der Waals surface area (Å²) in [5.41, 5.74) is 9.80. The average Bonchev–Trinajstić information content (AvgIpc) is 2.93. The molecule has 0 unspecified atom stereocenters. The van der Waals surface area contributed by atoms with E-state index in [2.05, 4.69) is 42.2 Å². The first-order valence-corrected chi connectivity index (χ1v) is 7.75. The molecule has 2 N–H and O–H groups in total.